The smallest absolute Gasteiger partial charge is 0.335 e. The van der Waals surface area contributed by atoms with E-state index in [1.54, 1.807) is 19.2 Å². The van der Waals surface area contributed by atoms with Gasteiger partial charge in [0.2, 0.25) is 0 Å². The van der Waals surface area contributed by atoms with E-state index in [0.29, 0.717) is 11.5 Å². The highest BCUT2D eigenvalue weighted by atomic mass is 16.5. The Hall–Kier alpha value is -2.75. The predicted octanol–water partition coefficient (Wildman–Crippen LogP) is 4.22. The van der Waals surface area contributed by atoms with Gasteiger partial charge in [-0.05, 0) is 53.8 Å². The number of hydrogen-bond acceptors (Lipinski definition) is 3. The number of benzene rings is 2. The van der Waals surface area contributed by atoms with E-state index in [1.807, 2.05) is 18.2 Å². The Morgan fingerprint density at radius 1 is 1.25 bits per heavy atom. The first-order valence-corrected chi connectivity index (χ1v) is 8.12. The standard InChI is InChI=1S/C20H19NO3/c1-24-14-5-2-4-12(10-14)19-16-7-3-6-15(16)17-11-13(20(22)23)8-9-18(17)21-19/h2-6,8-11,15-16,19,21H,7H2,1H3,(H,22,23)/t15-,16-,19-/m1/s1. The maximum Gasteiger partial charge on any atom is 0.335 e. The number of methoxy groups -OCH3 is 1. The third kappa shape index (κ3) is 2.35. The zero-order valence-electron chi connectivity index (χ0n) is 13.4. The molecule has 1 heterocycles. The number of rotatable bonds is 3. The Morgan fingerprint density at radius 2 is 2.12 bits per heavy atom. The SMILES string of the molecule is COc1cccc([C@H]2Nc3ccc(C(=O)O)cc3[C@@H]3C=CC[C@@H]23)c1. The molecule has 0 aromatic heterocycles. The van der Waals surface area contributed by atoms with Crippen molar-refractivity contribution < 1.29 is 14.6 Å². The van der Waals surface area contributed by atoms with E-state index >= 15 is 0 Å². The van der Waals surface area contributed by atoms with Gasteiger partial charge in [0.15, 0.2) is 0 Å². The van der Waals surface area contributed by atoms with E-state index < -0.39 is 5.97 Å². The molecule has 2 N–H and O–H groups in total. The fourth-order valence-corrected chi connectivity index (χ4v) is 3.89. The molecule has 2 aliphatic rings. The first-order chi connectivity index (χ1) is 11.7. The quantitative estimate of drug-likeness (QED) is 0.831. The van der Waals surface area contributed by atoms with Gasteiger partial charge in [0.1, 0.15) is 5.75 Å². The van der Waals surface area contributed by atoms with Crippen LogP contribution in [0.4, 0.5) is 5.69 Å². The van der Waals surface area contributed by atoms with Gasteiger partial charge in [-0.2, -0.15) is 0 Å². The molecule has 24 heavy (non-hydrogen) atoms. The molecule has 4 heteroatoms. The van der Waals surface area contributed by atoms with E-state index in [0.717, 1.165) is 23.4 Å². The average molecular weight is 321 g/mol. The molecule has 1 aliphatic heterocycles. The van der Waals surface area contributed by atoms with Crippen molar-refractivity contribution in [3.8, 4) is 5.75 Å². The topological polar surface area (TPSA) is 58.6 Å². The van der Waals surface area contributed by atoms with Crippen LogP contribution in [0.25, 0.3) is 0 Å². The molecule has 4 nitrogen and oxygen atoms in total. The first kappa shape index (κ1) is 14.8. The lowest BCUT2D eigenvalue weighted by molar-refractivity contribution is 0.0696. The molecule has 1 aliphatic carbocycles. The van der Waals surface area contributed by atoms with Gasteiger partial charge in [0.25, 0.3) is 0 Å². The number of aromatic carboxylic acids is 1. The van der Waals surface area contributed by atoms with Crippen LogP contribution in [0, 0.1) is 5.92 Å². The van der Waals surface area contributed by atoms with Gasteiger partial charge in [0.05, 0.1) is 18.7 Å². The van der Waals surface area contributed by atoms with Crippen LogP contribution in [-0.2, 0) is 0 Å². The molecule has 0 amide bonds. The van der Waals surface area contributed by atoms with Gasteiger partial charge in [-0.15, -0.1) is 0 Å². The number of carboxylic acids is 1. The molecule has 0 unspecified atom stereocenters. The number of carbonyl (C=O) groups is 1. The summed E-state index contributed by atoms with van der Waals surface area (Å²) in [5, 5.41) is 12.9. The van der Waals surface area contributed by atoms with Crippen LogP contribution >= 0.6 is 0 Å². The second kappa shape index (κ2) is 5.71. The van der Waals surface area contributed by atoms with Crippen molar-refractivity contribution >= 4 is 11.7 Å². The zero-order chi connectivity index (χ0) is 16.7. The molecule has 0 bridgehead atoms. The fraction of sp³-hybridized carbons (Fsp3) is 0.250. The Kier molecular flexibility index (Phi) is 3.53. The molecule has 2 aromatic carbocycles. The van der Waals surface area contributed by atoms with Crippen molar-refractivity contribution in [2.45, 2.75) is 18.4 Å². The molecule has 0 saturated carbocycles. The molecule has 4 rings (SSSR count). The van der Waals surface area contributed by atoms with Crippen molar-refractivity contribution in [3.63, 3.8) is 0 Å². The number of fused-ring (bicyclic) bond motifs is 3. The van der Waals surface area contributed by atoms with Crippen LogP contribution < -0.4 is 10.1 Å². The monoisotopic (exact) mass is 321 g/mol. The zero-order valence-corrected chi connectivity index (χ0v) is 13.4. The van der Waals surface area contributed by atoms with Gasteiger partial charge in [-0.1, -0.05) is 24.3 Å². The molecule has 2 aromatic rings. The highest BCUT2D eigenvalue weighted by Crippen LogP contribution is 2.50. The molecule has 0 saturated heterocycles. The maximum atomic E-state index is 11.3. The molecule has 122 valence electrons. The van der Waals surface area contributed by atoms with Gasteiger partial charge >= 0.3 is 5.97 Å². The van der Waals surface area contributed by atoms with Crippen LogP contribution in [-0.4, -0.2) is 18.2 Å². The summed E-state index contributed by atoms with van der Waals surface area (Å²) in [5.74, 6) is 0.598. The van der Waals surface area contributed by atoms with Crippen molar-refractivity contribution in [2.75, 3.05) is 12.4 Å². The molecule has 0 fully saturated rings. The number of nitrogens with one attached hydrogen (secondary N) is 1. The van der Waals surface area contributed by atoms with Crippen molar-refractivity contribution in [2.24, 2.45) is 5.92 Å². The van der Waals surface area contributed by atoms with E-state index in [2.05, 4.69) is 29.6 Å². The van der Waals surface area contributed by atoms with Gasteiger partial charge < -0.3 is 15.2 Å². The second-order valence-electron chi connectivity index (χ2n) is 6.36. The first-order valence-electron chi connectivity index (χ1n) is 8.12. The third-order valence-corrected chi connectivity index (χ3v) is 5.06. The minimum Gasteiger partial charge on any atom is -0.497 e. The fourth-order valence-electron chi connectivity index (χ4n) is 3.89. The van der Waals surface area contributed by atoms with Crippen LogP contribution in [0.2, 0.25) is 0 Å². The average Bonchev–Trinajstić information content (AvgIpc) is 3.10. The van der Waals surface area contributed by atoms with Crippen molar-refractivity contribution in [1.29, 1.82) is 0 Å². The maximum absolute atomic E-state index is 11.3. The molecule has 0 spiro atoms. The highest BCUT2D eigenvalue weighted by molar-refractivity contribution is 5.89. The number of carboxylic acid groups (broad SMARTS) is 1. The van der Waals surface area contributed by atoms with Gasteiger partial charge in [0, 0.05) is 11.6 Å². The lowest BCUT2D eigenvalue weighted by Gasteiger charge is -2.37. The lowest BCUT2D eigenvalue weighted by atomic mass is 9.76. The van der Waals surface area contributed by atoms with Crippen LogP contribution in [0.1, 0.15) is 39.9 Å². The van der Waals surface area contributed by atoms with E-state index in [-0.39, 0.29) is 12.0 Å². The number of allylic oxidation sites excluding steroid dienone is 2. The summed E-state index contributed by atoms with van der Waals surface area (Å²) >= 11 is 0. The normalized spacial score (nSPS) is 24.0. The molecule has 0 radical (unpaired) electrons. The molecule has 3 atom stereocenters. The van der Waals surface area contributed by atoms with Crippen LogP contribution in [0.5, 0.6) is 5.75 Å². The summed E-state index contributed by atoms with van der Waals surface area (Å²) in [4.78, 5) is 11.3. The highest BCUT2D eigenvalue weighted by Gasteiger charge is 2.38. The Morgan fingerprint density at radius 3 is 2.92 bits per heavy atom. The largest absolute Gasteiger partial charge is 0.497 e. The Bertz CT molecular complexity index is 827. The predicted molar refractivity (Wildman–Crippen MR) is 92.7 cm³/mol. The lowest BCUT2D eigenvalue weighted by Crippen LogP contribution is -2.29. The van der Waals surface area contributed by atoms with E-state index in [1.165, 1.54) is 5.56 Å². The van der Waals surface area contributed by atoms with Crippen LogP contribution in [0.3, 0.4) is 0 Å². The number of anilines is 1. The van der Waals surface area contributed by atoms with E-state index in [9.17, 15) is 9.90 Å². The van der Waals surface area contributed by atoms with E-state index in [4.69, 9.17) is 4.74 Å². The van der Waals surface area contributed by atoms with Gasteiger partial charge in [-0.25, -0.2) is 4.79 Å². The second-order valence-corrected chi connectivity index (χ2v) is 6.36. The minimum absolute atomic E-state index is 0.184. The molecular weight excluding hydrogens is 302 g/mol. The summed E-state index contributed by atoms with van der Waals surface area (Å²) in [6.07, 6.45) is 5.39. The third-order valence-electron chi connectivity index (χ3n) is 5.06. The summed E-state index contributed by atoms with van der Waals surface area (Å²) in [5.41, 5.74) is 3.63. The minimum atomic E-state index is -0.883. The van der Waals surface area contributed by atoms with Crippen molar-refractivity contribution in [3.05, 3.63) is 71.3 Å². The summed E-state index contributed by atoms with van der Waals surface area (Å²) in [7, 11) is 1.68. The van der Waals surface area contributed by atoms with Crippen LogP contribution in [0.15, 0.2) is 54.6 Å². The molecular formula is C20H19NO3. The summed E-state index contributed by atoms with van der Waals surface area (Å²) in [6, 6.07) is 13.7. The summed E-state index contributed by atoms with van der Waals surface area (Å²) < 4.78 is 5.36. The Labute approximate surface area is 140 Å². The van der Waals surface area contributed by atoms with Gasteiger partial charge in [-0.3, -0.25) is 0 Å². The van der Waals surface area contributed by atoms with Crippen molar-refractivity contribution in [1.82, 2.24) is 0 Å². The Balaban J connectivity index is 1.76. The number of hydrogen-bond donors (Lipinski definition) is 2. The summed E-state index contributed by atoms with van der Waals surface area (Å²) in [6.45, 7) is 0. The number of ether oxygens (including phenoxy) is 1.